The minimum Gasteiger partial charge on any atom is -0.490 e. The van der Waals surface area contributed by atoms with Crippen molar-refractivity contribution in [3.8, 4) is 11.8 Å². The summed E-state index contributed by atoms with van der Waals surface area (Å²) in [5.41, 5.74) is 4.76. The van der Waals surface area contributed by atoms with E-state index in [9.17, 15) is 29.2 Å². The maximum atomic E-state index is 13.3. The molecule has 13 heteroatoms. The van der Waals surface area contributed by atoms with Gasteiger partial charge in [0, 0.05) is 55.9 Å². The molecule has 3 aromatic carbocycles. The number of carbonyl (C=O) groups excluding carboxylic acids is 5. The number of hydrogen-bond acceptors (Lipinski definition) is 9. The third kappa shape index (κ3) is 7.31. The Hall–Kier alpha value is -5.25. The number of halogens is 1. The lowest BCUT2D eigenvalue weighted by Gasteiger charge is -2.36. The predicted octanol–water partition coefficient (Wildman–Crippen LogP) is 5.50. The Kier molecular flexibility index (Phi) is 10.1. The zero-order valence-corrected chi connectivity index (χ0v) is 31.4. The lowest BCUT2D eigenvalue weighted by molar-refractivity contribution is -0.136. The van der Waals surface area contributed by atoms with Crippen LogP contribution in [0.2, 0.25) is 5.02 Å². The summed E-state index contributed by atoms with van der Waals surface area (Å²) in [5, 5.41) is 15.1. The molecular formula is C42H43ClN6O6. The molecule has 0 radical (unpaired) electrons. The van der Waals surface area contributed by atoms with Gasteiger partial charge in [-0.3, -0.25) is 39.1 Å². The quantitative estimate of drug-likeness (QED) is 0.284. The van der Waals surface area contributed by atoms with Gasteiger partial charge in [0.25, 0.3) is 17.7 Å². The fourth-order valence-corrected chi connectivity index (χ4v) is 9.18. The van der Waals surface area contributed by atoms with Gasteiger partial charge >= 0.3 is 0 Å². The van der Waals surface area contributed by atoms with Crippen LogP contribution in [0.3, 0.4) is 0 Å². The summed E-state index contributed by atoms with van der Waals surface area (Å²) in [6.45, 7) is 1.38. The van der Waals surface area contributed by atoms with Crippen molar-refractivity contribution in [3.05, 3.63) is 93.0 Å². The van der Waals surface area contributed by atoms with Gasteiger partial charge in [-0.25, -0.2) is 0 Å². The van der Waals surface area contributed by atoms with E-state index in [-0.39, 0.29) is 30.9 Å². The second-order valence-corrected chi connectivity index (χ2v) is 15.9. The summed E-state index contributed by atoms with van der Waals surface area (Å²) >= 11 is 6.26. The van der Waals surface area contributed by atoms with E-state index in [2.05, 4.69) is 26.5 Å². The molecule has 3 heterocycles. The number of hydrogen-bond donors (Lipinski definition) is 2. The molecule has 0 spiro atoms. The largest absolute Gasteiger partial charge is 0.490 e. The van der Waals surface area contributed by atoms with Crippen LogP contribution in [0.5, 0.6) is 5.75 Å². The van der Waals surface area contributed by atoms with E-state index in [1.165, 1.54) is 0 Å². The minimum absolute atomic E-state index is 0.0758. The molecule has 3 aliphatic heterocycles. The van der Waals surface area contributed by atoms with Crippen molar-refractivity contribution in [2.45, 2.75) is 108 Å². The zero-order chi connectivity index (χ0) is 38.4. The Balaban J connectivity index is 0.784. The smallest absolute Gasteiger partial charge is 0.262 e. The lowest BCUT2D eigenvalue weighted by Crippen LogP contribution is -2.54. The number of nitriles is 1. The molecule has 3 fully saturated rings. The highest BCUT2D eigenvalue weighted by Gasteiger charge is 2.45. The number of piperidine rings is 1. The topological polar surface area (TPSA) is 152 Å². The summed E-state index contributed by atoms with van der Waals surface area (Å²) in [4.78, 5) is 69.4. The lowest BCUT2D eigenvalue weighted by atomic mass is 9.90. The van der Waals surface area contributed by atoms with Gasteiger partial charge in [-0.1, -0.05) is 11.6 Å². The normalized spacial score (nSPS) is 25.2. The number of benzene rings is 3. The van der Waals surface area contributed by atoms with Gasteiger partial charge in [0.1, 0.15) is 17.9 Å². The van der Waals surface area contributed by atoms with Crippen LogP contribution < -0.4 is 20.3 Å². The first-order valence-electron chi connectivity index (χ1n) is 19.2. The van der Waals surface area contributed by atoms with E-state index in [0.717, 1.165) is 78.8 Å². The number of carbonyl (C=O) groups is 5. The van der Waals surface area contributed by atoms with E-state index >= 15 is 0 Å². The third-order valence-electron chi connectivity index (χ3n) is 12.1. The highest BCUT2D eigenvalue weighted by molar-refractivity contribution is 6.32. The van der Waals surface area contributed by atoms with Crippen LogP contribution in [-0.4, -0.2) is 76.7 Å². The summed E-state index contributed by atoms with van der Waals surface area (Å²) in [6.07, 6.45) is 7.65. The molecule has 1 atom stereocenters. The standard InChI is InChI=1S/C42H43ClN6O6/c1-47(31-7-2-25(21-44)36(43)20-31)29-8-5-28(6-9-29)45-39(51)24-3-12-32(13-4-24)55-33-14-10-30(11-15-33)48-22-26-18-34-35(19-27(26)23-48)42(54)49(41(34)53)37-16-17-38(50)46-40(37)52/h2-4,7,12-13,18-20,28-30,33,37H,5-6,8-11,14-17,22-23H2,1H3,(H,45,51)(H,46,50,52). The van der Waals surface area contributed by atoms with E-state index in [1.807, 2.05) is 55.6 Å². The van der Waals surface area contributed by atoms with Gasteiger partial charge in [-0.2, -0.15) is 5.26 Å². The maximum Gasteiger partial charge on any atom is 0.262 e. The molecule has 2 N–H and O–H groups in total. The highest BCUT2D eigenvalue weighted by Crippen LogP contribution is 2.37. The van der Waals surface area contributed by atoms with Gasteiger partial charge < -0.3 is 15.0 Å². The molecular weight excluding hydrogens is 720 g/mol. The number of imide groups is 2. The van der Waals surface area contributed by atoms with Crippen LogP contribution >= 0.6 is 11.6 Å². The molecule has 5 amide bonds. The minimum atomic E-state index is -0.968. The van der Waals surface area contributed by atoms with E-state index in [0.29, 0.717) is 52.4 Å². The SMILES string of the molecule is CN(c1ccc(C#N)c(Cl)c1)C1CCC(NC(=O)c2ccc(OC3CCC(N4Cc5cc6c(cc5C4)C(=O)N(C4CCC(=O)NC4=O)C6=O)CC3)cc2)CC1. The number of nitrogens with one attached hydrogen (secondary N) is 2. The highest BCUT2D eigenvalue weighted by atomic mass is 35.5. The third-order valence-corrected chi connectivity index (χ3v) is 12.5. The van der Waals surface area contributed by atoms with Crippen molar-refractivity contribution < 1.29 is 28.7 Å². The van der Waals surface area contributed by atoms with Gasteiger partial charge in [0.2, 0.25) is 11.8 Å². The summed E-state index contributed by atoms with van der Waals surface area (Å²) in [5.74, 6) is -1.28. The molecule has 2 aliphatic carbocycles. The fraction of sp³-hybridized carbons (Fsp3) is 0.429. The fourth-order valence-electron chi connectivity index (χ4n) is 8.96. The number of anilines is 1. The number of ether oxygens (including phenoxy) is 1. The van der Waals surface area contributed by atoms with E-state index in [1.54, 1.807) is 6.07 Å². The molecule has 8 rings (SSSR count). The molecule has 5 aliphatic rings. The number of amides is 5. The van der Waals surface area contributed by atoms with Crippen LogP contribution in [0.1, 0.15) is 112 Å². The van der Waals surface area contributed by atoms with Gasteiger partial charge in [-0.15, -0.1) is 0 Å². The van der Waals surface area contributed by atoms with Crippen LogP contribution in [0.25, 0.3) is 0 Å². The Bertz CT molecular complexity index is 2050. The van der Waals surface area contributed by atoms with Crippen LogP contribution in [0.15, 0.2) is 54.6 Å². The van der Waals surface area contributed by atoms with E-state index in [4.69, 9.17) is 16.3 Å². The summed E-state index contributed by atoms with van der Waals surface area (Å²) in [7, 11) is 2.05. The molecule has 3 aromatic rings. The van der Waals surface area contributed by atoms with Crippen LogP contribution in [0.4, 0.5) is 5.69 Å². The Morgan fingerprint density at radius 2 is 1.53 bits per heavy atom. The number of rotatable bonds is 8. The van der Waals surface area contributed by atoms with Gasteiger partial charge in [0.15, 0.2) is 0 Å². The molecule has 1 unspecified atom stereocenters. The summed E-state index contributed by atoms with van der Waals surface area (Å²) < 4.78 is 6.35. The zero-order valence-electron chi connectivity index (χ0n) is 30.7. The monoisotopic (exact) mass is 762 g/mol. The second kappa shape index (κ2) is 15.1. The summed E-state index contributed by atoms with van der Waals surface area (Å²) in [6, 6.07) is 18.5. The first-order valence-corrected chi connectivity index (χ1v) is 19.6. The van der Waals surface area contributed by atoms with Crippen molar-refractivity contribution in [1.82, 2.24) is 20.4 Å². The molecule has 0 bridgehead atoms. The maximum absolute atomic E-state index is 13.3. The predicted molar refractivity (Wildman–Crippen MR) is 204 cm³/mol. The molecule has 55 heavy (non-hydrogen) atoms. The van der Waals surface area contributed by atoms with Crippen LogP contribution in [0, 0.1) is 11.3 Å². The Labute approximate surface area is 324 Å². The second-order valence-electron chi connectivity index (χ2n) is 15.5. The molecule has 0 aromatic heterocycles. The van der Waals surface area contributed by atoms with Gasteiger partial charge in [0.05, 0.1) is 27.8 Å². The number of nitrogens with zero attached hydrogens (tertiary/aromatic N) is 4. The van der Waals surface area contributed by atoms with Crippen molar-refractivity contribution in [1.29, 1.82) is 5.26 Å². The van der Waals surface area contributed by atoms with E-state index < -0.39 is 29.7 Å². The number of fused-ring (bicyclic) bond motifs is 2. The first-order chi connectivity index (χ1) is 26.6. The van der Waals surface area contributed by atoms with Crippen molar-refractivity contribution in [2.75, 3.05) is 11.9 Å². The van der Waals surface area contributed by atoms with Crippen molar-refractivity contribution in [2.24, 2.45) is 0 Å². The van der Waals surface area contributed by atoms with Crippen LogP contribution in [-0.2, 0) is 22.7 Å². The molecule has 284 valence electrons. The Morgan fingerprint density at radius 1 is 0.873 bits per heavy atom. The van der Waals surface area contributed by atoms with Crippen molar-refractivity contribution >= 4 is 46.8 Å². The molecule has 2 saturated carbocycles. The molecule has 1 saturated heterocycles. The molecule has 12 nitrogen and oxygen atoms in total. The Morgan fingerprint density at radius 3 is 2.13 bits per heavy atom. The van der Waals surface area contributed by atoms with Crippen molar-refractivity contribution in [3.63, 3.8) is 0 Å². The van der Waals surface area contributed by atoms with Gasteiger partial charge in [-0.05, 0) is 124 Å². The average molecular weight is 763 g/mol. The first kappa shape index (κ1) is 36.7. The average Bonchev–Trinajstić information content (AvgIpc) is 3.71.